The Morgan fingerprint density at radius 1 is 1.16 bits per heavy atom. The van der Waals surface area contributed by atoms with Crippen molar-refractivity contribution in [3.63, 3.8) is 0 Å². The highest BCUT2D eigenvalue weighted by Crippen LogP contribution is 2.14. The molecule has 104 valence electrons. The Morgan fingerprint density at radius 2 is 1.74 bits per heavy atom. The van der Waals surface area contributed by atoms with Gasteiger partial charge in [-0.1, -0.05) is 0 Å². The summed E-state index contributed by atoms with van der Waals surface area (Å²) in [5, 5.41) is 4.80. The minimum Gasteiger partial charge on any atom is -0.481 e. The van der Waals surface area contributed by atoms with Crippen LogP contribution in [-0.4, -0.2) is 24.1 Å². The van der Waals surface area contributed by atoms with Crippen molar-refractivity contribution in [2.24, 2.45) is 0 Å². The molecule has 3 amide bonds. The van der Waals surface area contributed by atoms with E-state index in [9.17, 15) is 9.59 Å². The van der Waals surface area contributed by atoms with Gasteiger partial charge >= 0.3 is 6.03 Å². The standard InChI is InChI=1S/C13H17IN2O3/c1-8(2)15-13(18)16-12(17)9(3)19-11-6-4-10(14)5-7-11/h4-9H,1-3H3,(H2,15,16,17,18)/t9-/m0/s1. The first-order valence-corrected chi connectivity index (χ1v) is 7.00. The summed E-state index contributed by atoms with van der Waals surface area (Å²) in [5.74, 6) is 0.115. The van der Waals surface area contributed by atoms with E-state index in [-0.39, 0.29) is 6.04 Å². The lowest BCUT2D eigenvalue weighted by Crippen LogP contribution is -2.46. The van der Waals surface area contributed by atoms with Crippen LogP contribution < -0.4 is 15.4 Å². The number of carbonyl (C=O) groups excluding carboxylic acids is 2. The lowest BCUT2D eigenvalue weighted by molar-refractivity contribution is -0.126. The molecule has 0 bridgehead atoms. The van der Waals surface area contributed by atoms with Crippen molar-refractivity contribution in [1.29, 1.82) is 0 Å². The number of halogens is 1. The highest BCUT2D eigenvalue weighted by Gasteiger charge is 2.17. The molecule has 0 aliphatic heterocycles. The summed E-state index contributed by atoms with van der Waals surface area (Å²) in [5.41, 5.74) is 0. The molecule has 1 aromatic carbocycles. The summed E-state index contributed by atoms with van der Waals surface area (Å²) in [7, 11) is 0. The van der Waals surface area contributed by atoms with E-state index in [0.717, 1.165) is 3.57 Å². The second-order valence-corrected chi connectivity index (χ2v) is 5.58. The number of urea groups is 1. The zero-order valence-corrected chi connectivity index (χ0v) is 13.2. The summed E-state index contributed by atoms with van der Waals surface area (Å²) in [6, 6.07) is 6.77. The maximum Gasteiger partial charge on any atom is 0.321 e. The van der Waals surface area contributed by atoms with Crippen LogP contribution in [0.4, 0.5) is 4.79 Å². The molecule has 1 aromatic rings. The second kappa shape index (κ2) is 7.32. The van der Waals surface area contributed by atoms with E-state index in [0.29, 0.717) is 5.75 Å². The third-order valence-corrected chi connectivity index (χ3v) is 2.87. The van der Waals surface area contributed by atoms with Crippen LogP contribution in [0.1, 0.15) is 20.8 Å². The molecule has 0 heterocycles. The molecule has 0 saturated heterocycles. The SMILES string of the molecule is CC(C)NC(=O)NC(=O)[C@H](C)Oc1ccc(I)cc1. The van der Waals surface area contributed by atoms with Crippen molar-refractivity contribution >= 4 is 34.5 Å². The minimum absolute atomic E-state index is 0.0276. The zero-order valence-electron chi connectivity index (χ0n) is 11.1. The number of benzene rings is 1. The maximum absolute atomic E-state index is 11.7. The van der Waals surface area contributed by atoms with Gasteiger partial charge in [0.1, 0.15) is 5.75 Å². The number of imide groups is 1. The molecule has 19 heavy (non-hydrogen) atoms. The Hall–Kier alpha value is -1.31. The average molecular weight is 376 g/mol. The molecule has 0 radical (unpaired) electrons. The third kappa shape index (κ3) is 5.91. The fourth-order valence-corrected chi connectivity index (χ4v) is 1.64. The van der Waals surface area contributed by atoms with E-state index in [2.05, 4.69) is 33.2 Å². The smallest absolute Gasteiger partial charge is 0.321 e. The normalized spacial score (nSPS) is 11.8. The fraction of sp³-hybridized carbons (Fsp3) is 0.385. The first-order chi connectivity index (χ1) is 8.88. The monoisotopic (exact) mass is 376 g/mol. The van der Waals surface area contributed by atoms with Gasteiger partial charge in [0.05, 0.1) is 0 Å². The Bertz CT molecular complexity index is 446. The van der Waals surface area contributed by atoms with E-state index < -0.39 is 18.0 Å². The number of carbonyl (C=O) groups is 2. The van der Waals surface area contributed by atoms with Gasteiger partial charge in [-0.05, 0) is 67.6 Å². The summed E-state index contributed by atoms with van der Waals surface area (Å²) in [6.07, 6.45) is -0.738. The highest BCUT2D eigenvalue weighted by molar-refractivity contribution is 14.1. The molecule has 1 rings (SSSR count). The van der Waals surface area contributed by atoms with Gasteiger partial charge in [-0.25, -0.2) is 4.79 Å². The molecule has 0 aliphatic carbocycles. The van der Waals surface area contributed by atoms with Gasteiger partial charge in [0, 0.05) is 9.61 Å². The predicted molar refractivity (Wildman–Crippen MR) is 81.1 cm³/mol. The lowest BCUT2D eigenvalue weighted by Gasteiger charge is -2.15. The van der Waals surface area contributed by atoms with Crippen molar-refractivity contribution in [3.8, 4) is 5.75 Å². The maximum atomic E-state index is 11.7. The molecule has 6 heteroatoms. The lowest BCUT2D eigenvalue weighted by atomic mass is 10.3. The Labute approximate surface area is 126 Å². The van der Waals surface area contributed by atoms with Gasteiger partial charge in [0.2, 0.25) is 0 Å². The number of ether oxygens (including phenoxy) is 1. The van der Waals surface area contributed by atoms with Gasteiger partial charge in [-0.15, -0.1) is 0 Å². The predicted octanol–water partition coefficient (Wildman–Crippen LogP) is 2.29. The van der Waals surface area contributed by atoms with Crippen LogP contribution in [0, 0.1) is 3.57 Å². The van der Waals surface area contributed by atoms with E-state index >= 15 is 0 Å². The summed E-state index contributed by atoms with van der Waals surface area (Å²) < 4.78 is 6.52. The number of hydrogen-bond acceptors (Lipinski definition) is 3. The van der Waals surface area contributed by atoms with Crippen LogP contribution in [0.3, 0.4) is 0 Å². The van der Waals surface area contributed by atoms with Gasteiger partial charge in [0.25, 0.3) is 5.91 Å². The highest BCUT2D eigenvalue weighted by atomic mass is 127. The molecular weight excluding hydrogens is 359 g/mol. The fourth-order valence-electron chi connectivity index (χ4n) is 1.28. The third-order valence-electron chi connectivity index (χ3n) is 2.15. The Balaban J connectivity index is 2.48. The van der Waals surface area contributed by atoms with Crippen molar-refractivity contribution in [2.75, 3.05) is 0 Å². The zero-order chi connectivity index (χ0) is 14.4. The van der Waals surface area contributed by atoms with E-state index in [1.807, 2.05) is 26.0 Å². The number of hydrogen-bond donors (Lipinski definition) is 2. The summed E-state index contributed by atoms with van der Waals surface area (Å²) >= 11 is 2.18. The first-order valence-electron chi connectivity index (χ1n) is 5.92. The summed E-state index contributed by atoms with van der Waals surface area (Å²) in [6.45, 7) is 5.22. The van der Waals surface area contributed by atoms with Crippen molar-refractivity contribution in [3.05, 3.63) is 27.8 Å². The van der Waals surface area contributed by atoms with Gasteiger partial charge in [0.15, 0.2) is 6.10 Å². The molecular formula is C13H17IN2O3. The van der Waals surface area contributed by atoms with Crippen LogP contribution in [0.15, 0.2) is 24.3 Å². The number of rotatable bonds is 4. The van der Waals surface area contributed by atoms with Crippen LogP contribution in [-0.2, 0) is 4.79 Å². The van der Waals surface area contributed by atoms with Gasteiger partial charge in [-0.3, -0.25) is 10.1 Å². The summed E-state index contributed by atoms with van der Waals surface area (Å²) in [4.78, 5) is 23.1. The molecule has 0 aromatic heterocycles. The molecule has 0 fully saturated rings. The van der Waals surface area contributed by atoms with Gasteiger partial charge in [-0.2, -0.15) is 0 Å². The Morgan fingerprint density at radius 3 is 2.26 bits per heavy atom. The molecule has 0 spiro atoms. The van der Waals surface area contributed by atoms with E-state index in [1.165, 1.54) is 0 Å². The van der Waals surface area contributed by atoms with Crippen molar-refractivity contribution < 1.29 is 14.3 Å². The molecule has 0 saturated carbocycles. The van der Waals surface area contributed by atoms with Crippen LogP contribution in [0.2, 0.25) is 0 Å². The van der Waals surface area contributed by atoms with Crippen LogP contribution >= 0.6 is 22.6 Å². The number of nitrogens with one attached hydrogen (secondary N) is 2. The first kappa shape index (κ1) is 15.7. The van der Waals surface area contributed by atoms with E-state index in [4.69, 9.17) is 4.74 Å². The molecule has 0 unspecified atom stereocenters. The Kier molecular flexibility index (Phi) is 6.07. The quantitative estimate of drug-likeness (QED) is 0.793. The minimum atomic E-state index is -0.738. The largest absolute Gasteiger partial charge is 0.481 e. The van der Waals surface area contributed by atoms with Crippen molar-refractivity contribution in [2.45, 2.75) is 32.9 Å². The molecule has 1 atom stereocenters. The van der Waals surface area contributed by atoms with E-state index in [1.54, 1.807) is 19.1 Å². The molecule has 2 N–H and O–H groups in total. The van der Waals surface area contributed by atoms with Gasteiger partial charge < -0.3 is 10.1 Å². The molecule has 5 nitrogen and oxygen atoms in total. The topological polar surface area (TPSA) is 67.4 Å². The second-order valence-electron chi connectivity index (χ2n) is 4.33. The van der Waals surface area contributed by atoms with Crippen LogP contribution in [0.25, 0.3) is 0 Å². The average Bonchev–Trinajstić information content (AvgIpc) is 2.30. The van der Waals surface area contributed by atoms with Crippen molar-refractivity contribution in [1.82, 2.24) is 10.6 Å². The number of amides is 3. The molecule has 0 aliphatic rings. The van der Waals surface area contributed by atoms with Crippen LogP contribution in [0.5, 0.6) is 5.75 Å².